The van der Waals surface area contributed by atoms with Gasteiger partial charge in [0.25, 0.3) is 0 Å². The molecule has 0 aliphatic carbocycles. The van der Waals surface area contributed by atoms with Gasteiger partial charge in [0.15, 0.2) is 10.6 Å². The molecule has 0 bridgehead atoms. The number of amides is 2. The molecule has 1 aromatic carbocycles. The number of piperazine rings is 1. The van der Waals surface area contributed by atoms with Crippen LogP contribution in [-0.2, 0) is 9.57 Å². The summed E-state index contributed by atoms with van der Waals surface area (Å²) < 4.78 is 11.1. The van der Waals surface area contributed by atoms with E-state index >= 15 is 0 Å². The van der Waals surface area contributed by atoms with Gasteiger partial charge in [0.05, 0.1) is 18.6 Å². The van der Waals surface area contributed by atoms with Gasteiger partial charge in [-0.15, -0.1) is 16.4 Å². The number of aromatic nitrogens is 3. The molecule has 3 N–H and O–H groups in total. The van der Waals surface area contributed by atoms with Crippen LogP contribution in [-0.4, -0.2) is 88.1 Å². The fourth-order valence-electron chi connectivity index (χ4n) is 4.27. The predicted molar refractivity (Wildman–Crippen MR) is 147 cm³/mol. The van der Waals surface area contributed by atoms with Gasteiger partial charge in [0.2, 0.25) is 5.95 Å². The summed E-state index contributed by atoms with van der Waals surface area (Å²) in [4.78, 5) is 47.5. The van der Waals surface area contributed by atoms with Gasteiger partial charge in [-0.25, -0.2) is 19.6 Å². The Morgan fingerprint density at radius 3 is 2.56 bits per heavy atom. The lowest BCUT2D eigenvalue weighted by atomic mass is 10.1. The minimum Gasteiger partial charge on any atom is -0.487 e. The number of nitrogens with two attached hydrogens (primary N) is 1. The van der Waals surface area contributed by atoms with E-state index in [0.717, 1.165) is 15.9 Å². The third kappa shape index (κ3) is 6.40. The molecule has 2 aliphatic rings. The number of ether oxygens (including phenoxy) is 2. The molecule has 14 heteroatoms. The lowest BCUT2D eigenvalue weighted by Crippen LogP contribution is -2.54. The van der Waals surface area contributed by atoms with Crippen molar-refractivity contribution in [3.63, 3.8) is 0 Å². The maximum absolute atomic E-state index is 13.0. The zero-order valence-electron chi connectivity index (χ0n) is 22.3. The Morgan fingerprint density at radius 2 is 1.87 bits per heavy atom. The van der Waals surface area contributed by atoms with E-state index in [1.54, 1.807) is 31.2 Å². The fourth-order valence-corrected chi connectivity index (χ4v) is 4.93. The van der Waals surface area contributed by atoms with Gasteiger partial charge in [-0.1, -0.05) is 0 Å². The summed E-state index contributed by atoms with van der Waals surface area (Å²) >= 11 is 1.42. The van der Waals surface area contributed by atoms with E-state index in [9.17, 15) is 9.59 Å². The van der Waals surface area contributed by atoms with Crippen LogP contribution in [0.4, 0.5) is 27.0 Å². The molecule has 13 nitrogen and oxygen atoms in total. The molecule has 0 spiro atoms. The van der Waals surface area contributed by atoms with Gasteiger partial charge in [-0.3, -0.25) is 0 Å². The number of aryl methyl sites for hydroxylation is 1. The van der Waals surface area contributed by atoms with Crippen molar-refractivity contribution in [1.82, 2.24) is 24.9 Å². The Balaban J connectivity index is 1.09. The van der Waals surface area contributed by atoms with Gasteiger partial charge in [0, 0.05) is 31.9 Å². The third-order valence-corrected chi connectivity index (χ3v) is 6.93. The van der Waals surface area contributed by atoms with Gasteiger partial charge >= 0.3 is 12.2 Å². The molecule has 0 atom stereocenters. The number of carbonyl (C=O) groups is 2. The molecule has 208 valence electrons. The van der Waals surface area contributed by atoms with Gasteiger partial charge < -0.3 is 35.2 Å². The average Bonchev–Trinajstić information content (AvgIpc) is 3.31. The van der Waals surface area contributed by atoms with Crippen molar-refractivity contribution in [2.24, 2.45) is 0 Å². The molecule has 3 aromatic rings. The molecule has 2 saturated heterocycles. The number of fused-ring (bicyclic) bond motifs is 1. The van der Waals surface area contributed by atoms with Crippen LogP contribution in [0.15, 0.2) is 23.7 Å². The van der Waals surface area contributed by atoms with Crippen LogP contribution in [0.2, 0.25) is 0 Å². The first-order valence-electron chi connectivity index (χ1n) is 12.6. The van der Waals surface area contributed by atoms with E-state index in [1.807, 2.05) is 25.1 Å². The van der Waals surface area contributed by atoms with Crippen molar-refractivity contribution in [3.8, 4) is 5.75 Å². The third-order valence-electron chi connectivity index (χ3n) is 6.21. The van der Waals surface area contributed by atoms with E-state index < -0.39 is 11.8 Å². The molecule has 2 aliphatic heterocycles. The number of benzene rings is 1. The molecule has 0 saturated carbocycles. The summed E-state index contributed by atoms with van der Waals surface area (Å²) in [5.74, 6) is 1.60. The highest BCUT2D eigenvalue weighted by Gasteiger charge is 2.33. The van der Waals surface area contributed by atoms with Crippen molar-refractivity contribution >= 4 is 51.3 Å². The lowest BCUT2D eigenvalue weighted by Gasteiger charge is -2.37. The first-order valence-corrected chi connectivity index (χ1v) is 13.5. The Hall–Kier alpha value is -3.91. The maximum atomic E-state index is 13.0. The molecule has 2 fully saturated rings. The largest absolute Gasteiger partial charge is 0.528 e. The first kappa shape index (κ1) is 26.7. The quantitative estimate of drug-likeness (QED) is 0.446. The van der Waals surface area contributed by atoms with Crippen LogP contribution < -0.4 is 20.7 Å². The number of anilines is 3. The zero-order chi connectivity index (χ0) is 27.7. The lowest BCUT2D eigenvalue weighted by molar-refractivity contribution is -0.206. The molecular formula is C25H32N8O5S. The van der Waals surface area contributed by atoms with Crippen LogP contribution in [0.1, 0.15) is 26.3 Å². The molecule has 39 heavy (non-hydrogen) atoms. The Bertz CT molecular complexity index is 1360. The van der Waals surface area contributed by atoms with E-state index in [2.05, 4.69) is 25.2 Å². The fraction of sp³-hybridized carbons (Fsp3) is 0.480. The van der Waals surface area contributed by atoms with E-state index in [0.29, 0.717) is 56.5 Å². The van der Waals surface area contributed by atoms with Crippen LogP contribution >= 0.6 is 11.3 Å². The Labute approximate surface area is 229 Å². The molecule has 4 heterocycles. The number of hydrogen-bond acceptors (Lipinski definition) is 12. The second kappa shape index (κ2) is 10.7. The number of nitrogens with one attached hydrogen (secondary N) is 1. The summed E-state index contributed by atoms with van der Waals surface area (Å²) in [5, 5.41) is 4.50. The predicted octanol–water partition coefficient (Wildman–Crippen LogP) is 3.26. The molecule has 0 unspecified atom stereocenters. The van der Waals surface area contributed by atoms with Crippen LogP contribution in [0.5, 0.6) is 5.75 Å². The summed E-state index contributed by atoms with van der Waals surface area (Å²) in [6, 6.07) is 5.36. The minimum absolute atomic E-state index is 0.112. The molecule has 0 radical (unpaired) electrons. The van der Waals surface area contributed by atoms with Crippen molar-refractivity contribution in [3.05, 3.63) is 29.3 Å². The highest BCUT2D eigenvalue weighted by atomic mass is 32.1. The molecular weight excluding hydrogens is 524 g/mol. The summed E-state index contributed by atoms with van der Waals surface area (Å²) in [6.45, 7) is 10.4. The number of urea groups is 1. The Morgan fingerprint density at radius 1 is 1.13 bits per heavy atom. The highest BCUT2D eigenvalue weighted by Crippen LogP contribution is 2.28. The number of hydrogen-bond donors (Lipinski definition) is 2. The maximum Gasteiger partial charge on any atom is 0.528 e. The smallest absolute Gasteiger partial charge is 0.487 e. The molecule has 2 aromatic heterocycles. The molecule has 2 amide bonds. The summed E-state index contributed by atoms with van der Waals surface area (Å²) in [6.07, 6.45) is -0.840. The van der Waals surface area contributed by atoms with Gasteiger partial charge in [0.1, 0.15) is 23.0 Å². The second-order valence-electron chi connectivity index (χ2n) is 10.4. The second-order valence-corrected chi connectivity index (χ2v) is 11.3. The van der Waals surface area contributed by atoms with Crippen molar-refractivity contribution in [2.45, 2.75) is 39.4 Å². The van der Waals surface area contributed by atoms with E-state index in [4.69, 9.17) is 20.0 Å². The van der Waals surface area contributed by atoms with E-state index in [-0.39, 0.29) is 18.1 Å². The Kier molecular flexibility index (Phi) is 7.32. The van der Waals surface area contributed by atoms with Crippen molar-refractivity contribution < 1.29 is 23.9 Å². The monoisotopic (exact) mass is 556 g/mol. The van der Waals surface area contributed by atoms with Crippen LogP contribution in [0.25, 0.3) is 10.3 Å². The van der Waals surface area contributed by atoms with Crippen molar-refractivity contribution in [2.75, 3.05) is 55.2 Å². The SMILES string of the molecule is Cc1cc(OC2CN(OC(=O)OC(C)(C)C)C2)ccc1NC(=O)N1CCN(c2nc(N)nc3scnc23)CC1. The average molecular weight is 557 g/mol. The normalized spacial score (nSPS) is 16.6. The number of thiazole rings is 1. The first-order chi connectivity index (χ1) is 18.5. The number of carbonyl (C=O) groups excluding carboxylic acids is 2. The van der Waals surface area contributed by atoms with Crippen LogP contribution in [0.3, 0.4) is 0 Å². The molecule has 5 rings (SSSR count). The van der Waals surface area contributed by atoms with E-state index in [1.165, 1.54) is 16.4 Å². The highest BCUT2D eigenvalue weighted by molar-refractivity contribution is 7.16. The summed E-state index contributed by atoms with van der Waals surface area (Å²) in [7, 11) is 0. The number of nitrogens with zero attached hydrogens (tertiary/aromatic N) is 6. The number of nitrogen functional groups attached to an aromatic ring is 1. The number of rotatable bonds is 5. The van der Waals surface area contributed by atoms with Gasteiger partial charge in [-0.2, -0.15) is 4.98 Å². The van der Waals surface area contributed by atoms with Crippen LogP contribution in [0, 0.1) is 6.92 Å². The minimum atomic E-state index is -0.728. The van der Waals surface area contributed by atoms with Crippen molar-refractivity contribution in [1.29, 1.82) is 0 Å². The summed E-state index contributed by atoms with van der Waals surface area (Å²) in [5.41, 5.74) is 9.32. The standard InChI is InChI=1S/C25H32N8O5S/c1-15-11-16(36-17-12-33(13-17)38-24(35)37-25(2,3)4)5-6-18(15)28-23(34)32-9-7-31(8-10-32)20-19-21(39-14-27-19)30-22(26)29-20/h5-6,11,14,17H,7-10,12-13H2,1-4H3,(H,28,34)(H2,26,29,30). The zero-order valence-corrected chi connectivity index (χ0v) is 23.2. The number of hydroxylamine groups is 2. The van der Waals surface area contributed by atoms with Gasteiger partial charge in [-0.05, 0) is 51.5 Å². The topological polar surface area (TPSA) is 148 Å².